The number of halogens is 1. The number of rotatable bonds is 3. The minimum atomic E-state index is -0.176. The largest absolute Gasteiger partial charge is 0.384 e. The van der Waals surface area contributed by atoms with Gasteiger partial charge in [-0.05, 0) is 27.6 Å². The first-order chi connectivity index (χ1) is 6.15. The molecule has 0 aliphatic heterocycles. The molecule has 4 N–H and O–H groups in total. The van der Waals surface area contributed by atoms with Crippen LogP contribution in [0.2, 0.25) is 0 Å². The Morgan fingerprint density at radius 2 is 2.38 bits per heavy atom. The second kappa shape index (κ2) is 4.55. The number of nitrogens with zero attached hydrogens (tertiary/aromatic N) is 1. The van der Waals surface area contributed by atoms with Crippen LogP contribution in [0.1, 0.15) is 11.6 Å². The average molecular weight is 246 g/mol. The van der Waals surface area contributed by atoms with E-state index in [4.69, 9.17) is 16.2 Å². The molecule has 1 aromatic heterocycles. The molecule has 0 aromatic carbocycles. The smallest absolute Gasteiger partial charge is 0.123 e. The van der Waals surface area contributed by atoms with E-state index < -0.39 is 0 Å². The molecule has 0 radical (unpaired) electrons. The van der Waals surface area contributed by atoms with E-state index in [1.54, 1.807) is 19.4 Å². The van der Waals surface area contributed by atoms with Crippen molar-refractivity contribution in [1.82, 2.24) is 4.98 Å². The van der Waals surface area contributed by atoms with Gasteiger partial charge in [-0.1, -0.05) is 0 Å². The maximum Gasteiger partial charge on any atom is 0.123 e. The molecule has 4 nitrogen and oxygen atoms in total. The zero-order chi connectivity index (χ0) is 9.84. The van der Waals surface area contributed by atoms with Crippen LogP contribution in [-0.2, 0) is 4.74 Å². The molecule has 0 aliphatic rings. The summed E-state index contributed by atoms with van der Waals surface area (Å²) in [4.78, 5) is 3.92. The predicted octanol–water partition coefficient (Wildman–Crippen LogP) is 1.07. The van der Waals surface area contributed by atoms with Crippen molar-refractivity contribution in [3.05, 3.63) is 22.3 Å². The normalized spacial score (nSPS) is 12.8. The predicted molar refractivity (Wildman–Crippen MR) is 55.2 cm³/mol. The van der Waals surface area contributed by atoms with Gasteiger partial charge in [0.15, 0.2) is 0 Å². The van der Waals surface area contributed by atoms with Gasteiger partial charge < -0.3 is 16.2 Å². The van der Waals surface area contributed by atoms with Gasteiger partial charge >= 0.3 is 0 Å². The van der Waals surface area contributed by atoms with Crippen LogP contribution in [0.3, 0.4) is 0 Å². The van der Waals surface area contributed by atoms with Gasteiger partial charge in [0.05, 0.1) is 12.6 Å². The van der Waals surface area contributed by atoms with E-state index in [2.05, 4.69) is 20.9 Å². The lowest BCUT2D eigenvalue weighted by molar-refractivity contribution is 0.180. The Kier molecular flexibility index (Phi) is 3.65. The Hall–Kier alpha value is -0.650. The van der Waals surface area contributed by atoms with Gasteiger partial charge in [-0.2, -0.15) is 0 Å². The van der Waals surface area contributed by atoms with Crippen molar-refractivity contribution < 1.29 is 4.74 Å². The molecule has 1 rings (SSSR count). The number of anilines is 1. The quantitative estimate of drug-likeness (QED) is 0.836. The molecule has 1 heterocycles. The molecular weight excluding hydrogens is 234 g/mol. The minimum absolute atomic E-state index is 0.176. The Morgan fingerprint density at radius 3 is 3.00 bits per heavy atom. The molecule has 5 heteroatoms. The van der Waals surface area contributed by atoms with Crippen LogP contribution >= 0.6 is 15.9 Å². The van der Waals surface area contributed by atoms with Crippen molar-refractivity contribution in [1.29, 1.82) is 0 Å². The third-order valence-electron chi connectivity index (χ3n) is 1.65. The second-order valence-electron chi connectivity index (χ2n) is 2.69. The van der Waals surface area contributed by atoms with E-state index >= 15 is 0 Å². The Morgan fingerprint density at radius 1 is 1.69 bits per heavy atom. The highest BCUT2D eigenvalue weighted by atomic mass is 79.9. The summed E-state index contributed by atoms with van der Waals surface area (Å²) in [5.41, 5.74) is 12.3. The molecular formula is C8H12BrN3O. The van der Waals surface area contributed by atoms with Crippen LogP contribution in [0.15, 0.2) is 16.7 Å². The van der Waals surface area contributed by atoms with E-state index in [-0.39, 0.29) is 6.04 Å². The van der Waals surface area contributed by atoms with Crippen LogP contribution in [-0.4, -0.2) is 18.7 Å². The first kappa shape index (κ1) is 10.4. The van der Waals surface area contributed by atoms with Gasteiger partial charge in [-0.3, -0.25) is 0 Å². The lowest BCUT2D eigenvalue weighted by atomic mass is 10.1. The number of pyridine rings is 1. The fourth-order valence-electron chi connectivity index (χ4n) is 1.02. The molecule has 0 saturated carbocycles. The lowest BCUT2D eigenvalue weighted by Crippen LogP contribution is -2.17. The summed E-state index contributed by atoms with van der Waals surface area (Å²) in [6, 6.07) is 1.57. The molecule has 0 spiro atoms. The maximum atomic E-state index is 5.84. The summed E-state index contributed by atoms with van der Waals surface area (Å²) in [6.45, 7) is 0.460. The molecule has 0 fully saturated rings. The van der Waals surface area contributed by atoms with E-state index in [0.717, 1.165) is 10.0 Å². The van der Waals surface area contributed by atoms with Crippen molar-refractivity contribution >= 4 is 21.7 Å². The standard InChI is InChI=1S/C8H12BrN3O/c1-13-4-7(10)5-2-8(11)12-3-6(5)9/h2-3,7H,4,10H2,1H3,(H2,11,12). The number of aromatic nitrogens is 1. The first-order valence-electron chi connectivity index (χ1n) is 3.80. The van der Waals surface area contributed by atoms with Crippen molar-refractivity contribution in [2.75, 3.05) is 19.5 Å². The molecule has 0 amide bonds. The third-order valence-corrected chi connectivity index (χ3v) is 2.31. The average Bonchev–Trinajstić information content (AvgIpc) is 2.09. The molecule has 1 unspecified atom stereocenters. The number of methoxy groups -OCH3 is 1. The summed E-state index contributed by atoms with van der Waals surface area (Å²) in [5.74, 6) is 0.463. The molecule has 13 heavy (non-hydrogen) atoms. The van der Waals surface area contributed by atoms with Crippen LogP contribution in [0.25, 0.3) is 0 Å². The number of ether oxygens (including phenoxy) is 1. The number of nitrogen functional groups attached to an aromatic ring is 1. The van der Waals surface area contributed by atoms with E-state index in [1.165, 1.54) is 0 Å². The Labute approximate surface area is 85.4 Å². The van der Waals surface area contributed by atoms with Gasteiger partial charge in [0.1, 0.15) is 5.82 Å². The summed E-state index contributed by atoms with van der Waals surface area (Å²) < 4.78 is 5.80. The number of nitrogens with two attached hydrogens (primary N) is 2. The first-order valence-corrected chi connectivity index (χ1v) is 4.60. The zero-order valence-electron chi connectivity index (χ0n) is 7.33. The Bertz CT molecular complexity index is 293. The Balaban J connectivity index is 2.91. The van der Waals surface area contributed by atoms with Crippen LogP contribution < -0.4 is 11.5 Å². The van der Waals surface area contributed by atoms with Crippen LogP contribution in [0.4, 0.5) is 5.82 Å². The topological polar surface area (TPSA) is 74.2 Å². The van der Waals surface area contributed by atoms with Gasteiger partial charge in [0.25, 0.3) is 0 Å². The van der Waals surface area contributed by atoms with E-state index in [0.29, 0.717) is 12.4 Å². The zero-order valence-corrected chi connectivity index (χ0v) is 8.91. The van der Waals surface area contributed by atoms with Crippen molar-refractivity contribution in [2.45, 2.75) is 6.04 Å². The fourth-order valence-corrected chi connectivity index (χ4v) is 1.54. The van der Waals surface area contributed by atoms with Crippen LogP contribution in [0.5, 0.6) is 0 Å². The van der Waals surface area contributed by atoms with Crippen molar-refractivity contribution in [3.63, 3.8) is 0 Å². The van der Waals surface area contributed by atoms with E-state index in [1.807, 2.05) is 0 Å². The minimum Gasteiger partial charge on any atom is -0.384 e. The number of hydrogen-bond acceptors (Lipinski definition) is 4. The monoisotopic (exact) mass is 245 g/mol. The number of hydrogen-bond donors (Lipinski definition) is 2. The highest BCUT2D eigenvalue weighted by molar-refractivity contribution is 9.10. The third kappa shape index (κ3) is 2.65. The van der Waals surface area contributed by atoms with Crippen LogP contribution in [0, 0.1) is 0 Å². The molecule has 0 saturated heterocycles. The van der Waals surface area contributed by atoms with Gasteiger partial charge in [0, 0.05) is 17.8 Å². The molecule has 1 atom stereocenters. The van der Waals surface area contributed by atoms with Gasteiger partial charge in [-0.15, -0.1) is 0 Å². The molecule has 1 aromatic rings. The lowest BCUT2D eigenvalue weighted by Gasteiger charge is -2.12. The van der Waals surface area contributed by atoms with Gasteiger partial charge in [0.2, 0.25) is 0 Å². The summed E-state index contributed by atoms with van der Waals surface area (Å²) >= 11 is 3.35. The molecule has 0 aliphatic carbocycles. The molecule has 72 valence electrons. The highest BCUT2D eigenvalue weighted by Crippen LogP contribution is 2.22. The van der Waals surface area contributed by atoms with Crippen molar-refractivity contribution in [2.24, 2.45) is 5.73 Å². The van der Waals surface area contributed by atoms with Gasteiger partial charge in [-0.25, -0.2) is 4.98 Å². The SMILES string of the molecule is COCC(N)c1cc(N)ncc1Br. The highest BCUT2D eigenvalue weighted by Gasteiger charge is 2.10. The summed E-state index contributed by atoms with van der Waals surface area (Å²) in [6.07, 6.45) is 1.64. The summed E-state index contributed by atoms with van der Waals surface area (Å²) in [5, 5.41) is 0. The molecule has 0 bridgehead atoms. The maximum absolute atomic E-state index is 5.84. The van der Waals surface area contributed by atoms with Crippen molar-refractivity contribution in [3.8, 4) is 0 Å². The van der Waals surface area contributed by atoms with E-state index in [9.17, 15) is 0 Å². The fraction of sp³-hybridized carbons (Fsp3) is 0.375. The summed E-state index contributed by atoms with van der Waals surface area (Å²) in [7, 11) is 1.61. The second-order valence-corrected chi connectivity index (χ2v) is 3.55.